The molecule has 1 aromatic carbocycles. The van der Waals surface area contributed by atoms with Gasteiger partial charge in [0.2, 0.25) is 0 Å². The highest BCUT2D eigenvalue weighted by Crippen LogP contribution is 2.19. The Morgan fingerprint density at radius 2 is 2.29 bits per heavy atom. The van der Waals surface area contributed by atoms with Crippen molar-refractivity contribution in [2.24, 2.45) is 5.10 Å². The fraction of sp³-hybridized carbons (Fsp3) is 0.182. The van der Waals surface area contributed by atoms with E-state index in [1.54, 1.807) is 25.1 Å². The molecule has 0 atom stereocenters. The molecule has 0 bridgehead atoms. The maximum absolute atomic E-state index is 10.6. The Bertz CT molecular complexity index is 700. The molecular formula is C11H10Cl2N6O2. The Morgan fingerprint density at radius 1 is 1.52 bits per heavy atom. The van der Waals surface area contributed by atoms with Crippen molar-refractivity contribution >= 4 is 41.3 Å². The number of aromatic nitrogens is 3. The summed E-state index contributed by atoms with van der Waals surface area (Å²) >= 11 is 11.8. The van der Waals surface area contributed by atoms with E-state index in [0.717, 1.165) is 0 Å². The lowest BCUT2D eigenvalue weighted by molar-refractivity contribution is -0.394. The monoisotopic (exact) mass is 328 g/mol. The largest absolute Gasteiger partial charge is 0.493 e. The SMILES string of the molecule is CCn1nc([N+](=O)[O-])nc1N/N=C\c1ccc(Cl)cc1Cl. The number of nitro groups is 1. The minimum Gasteiger partial charge on any atom is -0.390 e. The highest BCUT2D eigenvalue weighted by atomic mass is 35.5. The number of hydrogen-bond acceptors (Lipinski definition) is 6. The zero-order chi connectivity index (χ0) is 15.4. The van der Waals surface area contributed by atoms with E-state index in [4.69, 9.17) is 23.2 Å². The molecule has 1 aromatic heterocycles. The number of rotatable bonds is 5. The number of hydrazone groups is 1. The first-order valence-electron chi connectivity index (χ1n) is 5.84. The van der Waals surface area contributed by atoms with Crippen molar-refractivity contribution in [2.45, 2.75) is 13.5 Å². The summed E-state index contributed by atoms with van der Waals surface area (Å²) < 4.78 is 1.33. The van der Waals surface area contributed by atoms with Crippen LogP contribution in [0.25, 0.3) is 0 Å². The molecular weight excluding hydrogens is 319 g/mol. The normalized spacial score (nSPS) is 11.0. The molecule has 0 aliphatic carbocycles. The van der Waals surface area contributed by atoms with Crippen LogP contribution in [0.3, 0.4) is 0 Å². The van der Waals surface area contributed by atoms with Crippen LogP contribution in [0, 0.1) is 10.1 Å². The third-order valence-electron chi connectivity index (χ3n) is 2.45. The van der Waals surface area contributed by atoms with E-state index in [0.29, 0.717) is 22.2 Å². The standard InChI is InChI=1S/C11H10Cl2N6O2/c1-2-18-10(15-11(17-18)19(20)21)16-14-6-7-3-4-8(12)5-9(7)13/h3-6H,2H2,1H3,(H,15,16,17)/b14-6-. The molecule has 0 fully saturated rings. The fourth-order valence-corrected chi connectivity index (χ4v) is 1.93. The molecule has 0 amide bonds. The van der Waals surface area contributed by atoms with Crippen molar-refractivity contribution in [1.82, 2.24) is 14.8 Å². The second-order valence-corrected chi connectivity index (χ2v) is 4.69. The van der Waals surface area contributed by atoms with E-state index < -0.39 is 10.9 Å². The second-order valence-electron chi connectivity index (χ2n) is 3.84. The Morgan fingerprint density at radius 3 is 2.90 bits per heavy atom. The lowest BCUT2D eigenvalue weighted by Crippen LogP contribution is -2.03. The first-order valence-corrected chi connectivity index (χ1v) is 6.60. The maximum Gasteiger partial charge on any atom is 0.493 e. The third-order valence-corrected chi connectivity index (χ3v) is 3.02. The van der Waals surface area contributed by atoms with Crippen LogP contribution in [0.1, 0.15) is 12.5 Å². The summed E-state index contributed by atoms with van der Waals surface area (Å²) in [7, 11) is 0. The molecule has 2 rings (SSSR count). The summed E-state index contributed by atoms with van der Waals surface area (Å²) in [6, 6.07) is 4.96. The average molecular weight is 329 g/mol. The number of hydrogen-bond donors (Lipinski definition) is 1. The van der Waals surface area contributed by atoms with Crippen molar-refractivity contribution in [3.63, 3.8) is 0 Å². The maximum atomic E-state index is 10.6. The molecule has 2 aromatic rings. The second kappa shape index (κ2) is 6.51. The van der Waals surface area contributed by atoms with Crippen molar-refractivity contribution in [2.75, 3.05) is 5.43 Å². The van der Waals surface area contributed by atoms with Gasteiger partial charge in [0.15, 0.2) is 0 Å². The van der Waals surface area contributed by atoms with Crippen LogP contribution in [0.15, 0.2) is 23.3 Å². The van der Waals surface area contributed by atoms with Gasteiger partial charge in [0.25, 0.3) is 0 Å². The van der Waals surface area contributed by atoms with E-state index in [-0.39, 0.29) is 5.95 Å². The van der Waals surface area contributed by atoms with Gasteiger partial charge < -0.3 is 10.1 Å². The van der Waals surface area contributed by atoms with Gasteiger partial charge >= 0.3 is 11.9 Å². The zero-order valence-electron chi connectivity index (χ0n) is 10.8. The Balaban J connectivity index is 2.15. The minimum absolute atomic E-state index is 0.172. The smallest absolute Gasteiger partial charge is 0.390 e. The molecule has 110 valence electrons. The van der Waals surface area contributed by atoms with Crippen molar-refractivity contribution in [3.8, 4) is 0 Å². The van der Waals surface area contributed by atoms with E-state index >= 15 is 0 Å². The highest BCUT2D eigenvalue weighted by molar-refractivity contribution is 6.36. The molecule has 10 heteroatoms. The number of nitrogens with one attached hydrogen (secondary N) is 1. The number of halogens is 2. The summed E-state index contributed by atoms with van der Waals surface area (Å²) in [5, 5.41) is 19.2. The van der Waals surface area contributed by atoms with Gasteiger partial charge in [0, 0.05) is 15.7 Å². The summed E-state index contributed by atoms with van der Waals surface area (Å²) in [6.07, 6.45) is 1.46. The molecule has 0 aliphatic rings. The van der Waals surface area contributed by atoms with Gasteiger partial charge in [0.1, 0.15) is 0 Å². The Labute approximate surface area is 129 Å². The van der Waals surface area contributed by atoms with E-state index in [2.05, 4.69) is 20.6 Å². The molecule has 0 spiro atoms. The van der Waals surface area contributed by atoms with Gasteiger partial charge in [-0.25, -0.2) is 5.43 Å². The van der Waals surface area contributed by atoms with Crippen molar-refractivity contribution < 1.29 is 4.92 Å². The molecule has 1 heterocycles. The van der Waals surface area contributed by atoms with Crippen LogP contribution < -0.4 is 5.43 Å². The molecule has 21 heavy (non-hydrogen) atoms. The lowest BCUT2D eigenvalue weighted by atomic mass is 10.2. The molecule has 0 saturated carbocycles. The van der Waals surface area contributed by atoms with Gasteiger partial charge in [-0.2, -0.15) is 9.78 Å². The van der Waals surface area contributed by atoms with Gasteiger partial charge in [0.05, 0.1) is 17.8 Å². The van der Waals surface area contributed by atoms with E-state index in [9.17, 15) is 10.1 Å². The molecule has 0 radical (unpaired) electrons. The van der Waals surface area contributed by atoms with Gasteiger partial charge in [-0.05, 0) is 29.0 Å². The van der Waals surface area contributed by atoms with Crippen LogP contribution >= 0.6 is 23.2 Å². The van der Waals surface area contributed by atoms with Crippen molar-refractivity contribution in [1.29, 1.82) is 0 Å². The molecule has 0 unspecified atom stereocenters. The predicted octanol–water partition coefficient (Wildman–Crippen LogP) is 2.96. The minimum atomic E-state index is -0.670. The summed E-state index contributed by atoms with van der Waals surface area (Å²) in [4.78, 5) is 13.7. The lowest BCUT2D eigenvalue weighted by Gasteiger charge is -1.98. The molecule has 8 nitrogen and oxygen atoms in total. The zero-order valence-corrected chi connectivity index (χ0v) is 12.3. The number of anilines is 1. The quantitative estimate of drug-likeness (QED) is 0.516. The average Bonchev–Trinajstić information content (AvgIpc) is 2.85. The molecule has 0 saturated heterocycles. The molecule has 0 aliphatic heterocycles. The Hall–Kier alpha value is -2.19. The summed E-state index contributed by atoms with van der Waals surface area (Å²) in [5.41, 5.74) is 3.24. The van der Waals surface area contributed by atoms with Crippen LogP contribution in [0.2, 0.25) is 10.0 Å². The highest BCUT2D eigenvalue weighted by Gasteiger charge is 2.19. The predicted molar refractivity (Wildman–Crippen MR) is 80.0 cm³/mol. The van der Waals surface area contributed by atoms with Crippen LogP contribution in [0.5, 0.6) is 0 Å². The van der Waals surface area contributed by atoms with Gasteiger partial charge in [-0.1, -0.05) is 29.3 Å². The van der Waals surface area contributed by atoms with Crippen LogP contribution in [-0.4, -0.2) is 25.9 Å². The topological polar surface area (TPSA) is 98.2 Å². The van der Waals surface area contributed by atoms with E-state index in [1.807, 2.05) is 0 Å². The van der Waals surface area contributed by atoms with Crippen LogP contribution in [-0.2, 0) is 6.54 Å². The van der Waals surface area contributed by atoms with Crippen molar-refractivity contribution in [3.05, 3.63) is 43.9 Å². The Kier molecular flexibility index (Phi) is 4.71. The first-order chi connectivity index (χ1) is 10.0. The van der Waals surface area contributed by atoms with E-state index in [1.165, 1.54) is 10.9 Å². The third kappa shape index (κ3) is 3.67. The number of benzene rings is 1. The van der Waals surface area contributed by atoms with Crippen LogP contribution in [0.4, 0.5) is 11.9 Å². The van der Waals surface area contributed by atoms with Gasteiger partial charge in [-0.15, -0.1) is 0 Å². The first kappa shape index (κ1) is 15.2. The summed E-state index contributed by atoms with van der Waals surface area (Å²) in [6.45, 7) is 2.20. The number of nitrogens with zero attached hydrogens (tertiary/aromatic N) is 5. The fourth-order valence-electron chi connectivity index (χ4n) is 1.48. The number of aryl methyl sites for hydroxylation is 1. The van der Waals surface area contributed by atoms with Gasteiger partial charge in [-0.3, -0.25) is 0 Å². The summed E-state index contributed by atoms with van der Waals surface area (Å²) in [5.74, 6) is -0.315. The molecule has 1 N–H and O–H groups in total.